The van der Waals surface area contributed by atoms with Crippen molar-refractivity contribution >= 4 is 11.5 Å². The second-order valence-electron chi connectivity index (χ2n) is 5.53. The fraction of sp³-hybridized carbons (Fsp3) is 0.250. The van der Waals surface area contributed by atoms with Crippen molar-refractivity contribution in [2.75, 3.05) is 7.11 Å². The number of benzene rings is 2. The number of fused-ring (bicyclic) bond motifs is 1. The first kappa shape index (κ1) is 14.6. The average molecular weight is 292 g/mol. The van der Waals surface area contributed by atoms with E-state index < -0.39 is 0 Å². The van der Waals surface area contributed by atoms with Crippen LogP contribution in [0.2, 0.25) is 0 Å². The molecule has 2 aromatic carbocycles. The van der Waals surface area contributed by atoms with E-state index in [0.717, 1.165) is 24.8 Å². The second kappa shape index (κ2) is 6.18. The summed E-state index contributed by atoms with van der Waals surface area (Å²) in [4.78, 5) is 11.8. The number of allylic oxidation sites excluding steroid dienone is 1. The van der Waals surface area contributed by atoms with Crippen LogP contribution in [0.4, 0.5) is 0 Å². The van der Waals surface area contributed by atoms with Crippen molar-refractivity contribution < 1.29 is 9.53 Å². The maximum Gasteiger partial charge on any atom is 0.337 e. The summed E-state index contributed by atoms with van der Waals surface area (Å²) in [5, 5.41) is 0. The van der Waals surface area contributed by atoms with Gasteiger partial charge < -0.3 is 4.74 Å². The van der Waals surface area contributed by atoms with Gasteiger partial charge in [0.2, 0.25) is 0 Å². The molecule has 0 N–H and O–H groups in total. The quantitative estimate of drug-likeness (QED) is 0.783. The highest BCUT2D eigenvalue weighted by Crippen LogP contribution is 2.34. The number of carbonyl (C=O) groups is 1. The van der Waals surface area contributed by atoms with Gasteiger partial charge in [0.25, 0.3) is 0 Å². The molecule has 0 atom stereocenters. The predicted octanol–water partition coefficient (Wildman–Crippen LogP) is 4.41. The minimum Gasteiger partial charge on any atom is -0.465 e. The molecular weight excluding hydrogens is 272 g/mol. The van der Waals surface area contributed by atoms with E-state index in [1.165, 1.54) is 29.4 Å². The van der Waals surface area contributed by atoms with E-state index in [9.17, 15) is 4.79 Å². The molecule has 1 aliphatic carbocycles. The van der Waals surface area contributed by atoms with E-state index in [1.807, 2.05) is 12.1 Å². The number of hydrogen-bond acceptors (Lipinski definition) is 2. The molecular formula is C20H20O2. The van der Waals surface area contributed by atoms with Crippen molar-refractivity contribution in [2.45, 2.75) is 26.2 Å². The number of ether oxygens (including phenoxy) is 1. The molecule has 0 unspecified atom stereocenters. The van der Waals surface area contributed by atoms with Crippen molar-refractivity contribution in [3.8, 4) is 0 Å². The SMILES string of the molecule is CCc1ccccc1C1=CCCc2ccc(C(=O)OC)cc21. The number of carbonyl (C=O) groups excluding carboxylic acids is 1. The minimum atomic E-state index is -0.281. The van der Waals surface area contributed by atoms with Gasteiger partial charge in [0.15, 0.2) is 0 Å². The summed E-state index contributed by atoms with van der Waals surface area (Å²) in [6.07, 6.45) is 5.35. The molecule has 0 fully saturated rings. The summed E-state index contributed by atoms with van der Waals surface area (Å²) >= 11 is 0. The van der Waals surface area contributed by atoms with Gasteiger partial charge in [-0.15, -0.1) is 0 Å². The zero-order valence-electron chi connectivity index (χ0n) is 13.1. The second-order valence-corrected chi connectivity index (χ2v) is 5.53. The Labute approximate surface area is 131 Å². The molecule has 2 nitrogen and oxygen atoms in total. The minimum absolute atomic E-state index is 0.281. The lowest BCUT2D eigenvalue weighted by Crippen LogP contribution is -2.07. The topological polar surface area (TPSA) is 26.3 Å². The number of rotatable bonds is 3. The third-order valence-electron chi connectivity index (χ3n) is 4.27. The standard InChI is InChI=1S/C20H20O2/c1-3-14-7-4-5-9-17(14)18-10-6-8-15-11-12-16(13-19(15)18)20(21)22-2/h4-5,7,9-13H,3,6,8H2,1-2H3. The molecule has 22 heavy (non-hydrogen) atoms. The molecule has 1 aliphatic rings. The number of methoxy groups -OCH3 is 1. The van der Waals surface area contributed by atoms with Crippen molar-refractivity contribution in [1.29, 1.82) is 0 Å². The van der Waals surface area contributed by atoms with Gasteiger partial charge in [-0.05, 0) is 59.2 Å². The Kier molecular flexibility index (Phi) is 4.10. The fourth-order valence-electron chi connectivity index (χ4n) is 3.12. The molecule has 0 saturated heterocycles. The first-order valence-corrected chi connectivity index (χ1v) is 7.74. The predicted molar refractivity (Wildman–Crippen MR) is 89.0 cm³/mol. The lowest BCUT2D eigenvalue weighted by molar-refractivity contribution is 0.0600. The molecule has 0 aromatic heterocycles. The van der Waals surface area contributed by atoms with Crippen molar-refractivity contribution in [3.05, 3.63) is 76.4 Å². The van der Waals surface area contributed by atoms with Crippen LogP contribution in [0.25, 0.3) is 5.57 Å². The van der Waals surface area contributed by atoms with Crippen LogP contribution in [0.5, 0.6) is 0 Å². The third kappa shape index (κ3) is 2.57. The highest BCUT2D eigenvalue weighted by molar-refractivity contribution is 5.93. The Morgan fingerprint density at radius 1 is 1.14 bits per heavy atom. The molecule has 0 amide bonds. The normalized spacial score (nSPS) is 13.3. The molecule has 0 bridgehead atoms. The summed E-state index contributed by atoms with van der Waals surface area (Å²) in [5.41, 5.74) is 6.93. The van der Waals surface area contributed by atoms with E-state index in [4.69, 9.17) is 4.74 Å². The van der Waals surface area contributed by atoms with Gasteiger partial charge in [-0.3, -0.25) is 0 Å². The fourth-order valence-corrected chi connectivity index (χ4v) is 3.12. The maximum absolute atomic E-state index is 11.8. The summed E-state index contributed by atoms with van der Waals surface area (Å²) in [5.74, 6) is -0.281. The number of hydrogen-bond donors (Lipinski definition) is 0. The van der Waals surface area contributed by atoms with Gasteiger partial charge in [-0.2, -0.15) is 0 Å². The zero-order valence-corrected chi connectivity index (χ0v) is 13.1. The van der Waals surface area contributed by atoms with Crippen LogP contribution in [0.3, 0.4) is 0 Å². The van der Waals surface area contributed by atoms with Crippen LogP contribution in [-0.4, -0.2) is 13.1 Å². The zero-order chi connectivity index (χ0) is 15.5. The molecule has 2 aromatic rings. The van der Waals surface area contributed by atoms with Gasteiger partial charge in [0.05, 0.1) is 12.7 Å². The van der Waals surface area contributed by atoms with Crippen LogP contribution in [0.1, 0.15) is 46.0 Å². The Morgan fingerprint density at radius 2 is 1.95 bits per heavy atom. The average Bonchev–Trinajstić information content (AvgIpc) is 2.60. The molecule has 0 aliphatic heterocycles. The summed E-state index contributed by atoms with van der Waals surface area (Å²) in [6.45, 7) is 2.17. The van der Waals surface area contributed by atoms with Crippen molar-refractivity contribution in [3.63, 3.8) is 0 Å². The lowest BCUT2D eigenvalue weighted by Gasteiger charge is -2.21. The summed E-state index contributed by atoms with van der Waals surface area (Å²) in [7, 11) is 1.42. The first-order valence-electron chi connectivity index (χ1n) is 7.74. The molecule has 0 spiro atoms. The molecule has 0 saturated carbocycles. The van der Waals surface area contributed by atoms with Crippen LogP contribution in [0, 0.1) is 0 Å². The summed E-state index contributed by atoms with van der Waals surface area (Å²) < 4.78 is 4.85. The molecule has 3 rings (SSSR count). The largest absolute Gasteiger partial charge is 0.465 e. The lowest BCUT2D eigenvalue weighted by atomic mass is 9.84. The highest BCUT2D eigenvalue weighted by atomic mass is 16.5. The number of esters is 1. The van der Waals surface area contributed by atoms with Crippen LogP contribution in [0.15, 0.2) is 48.5 Å². The Balaban J connectivity index is 2.13. The van der Waals surface area contributed by atoms with Gasteiger partial charge in [-0.25, -0.2) is 4.79 Å². The van der Waals surface area contributed by atoms with Gasteiger partial charge in [0.1, 0.15) is 0 Å². The maximum atomic E-state index is 11.8. The van der Waals surface area contributed by atoms with Gasteiger partial charge in [0, 0.05) is 0 Å². The molecule has 0 radical (unpaired) electrons. The molecule has 2 heteroatoms. The summed E-state index contributed by atoms with van der Waals surface area (Å²) in [6, 6.07) is 14.4. The van der Waals surface area contributed by atoms with E-state index in [2.05, 4.69) is 43.3 Å². The Morgan fingerprint density at radius 3 is 2.73 bits per heavy atom. The third-order valence-corrected chi connectivity index (χ3v) is 4.27. The smallest absolute Gasteiger partial charge is 0.337 e. The first-order chi connectivity index (χ1) is 10.7. The van der Waals surface area contributed by atoms with E-state index >= 15 is 0 Å². The highest BCUT2D eigenvalue weighted by Gasteiger charge is 2.18. The Bertz CT molecular complexity index is 741. The van der Waals surface area contributed by atoms with E-state index in [0.29, 0.717) is 5.56 Å². The molecule has 112 valence electrons. The Hall–Kier alpha value is -2.35. The van der Waals surface area contributed by atoms with Crippen molar-refractivity contribution in [2.24, 2.45) is 0 Å². The van der Waals surface area contributed by atoms with E-state index in [1.54, 1.807) is 0 Å². The number of aryl methyl sites for hydroxylation is 2. The van der Waals surface area contributed by atoms with Gasteiger partial charge >= 0.3 is 5.97 Å². The van der Waals surface area contributed by atoms with E-state index in [-0.39, 0.29) is 5.97 Å². The van der Waals surface area contributed by atoms with Crippen LogP contribution < -0.4 is 0 Å². The van der Waals surface area contributed by atoms with Crippen LogP contribution >= 0.6 is 0 Å². The van der Waals surface area contributed by atoms with Gasteiger partial charge in [-0.1, -0.05) is 43.3 Å². The molecule has 0 heterocycles. The monoisotopic (exact) mass is 292 g/mol. The van der Waals surface area contributed by atoms with Crippen LogP contribution in [-0.2, 0) is 17.6 Å². The van der Waals surface area contributed by atoms with Crippen molar-refractivity contribution in [1.82, 2.24) is 0 Å².